The molecule has 5 nitrogen and oxygen atoms in total. The van der Waals surface area contributed by atoms with Gasteiger partial charge in [0, 0.05) is 12.7 Å². The summed E-state index contributed by atoms with van der Waals surface area (Å²) in [7, 11) is 0. The van der Waals surface area contributed by atoms with Crippen molar-refractivity contribution in [3.05, 3.63) is 23.0 Å². The normalized spacial score (nSPS) is 10.7. The van der Waals surface area contributed by atoms with Crippen molar-refractivity contribution in [3.63, 3.8) is 0 Å². The van der Waals surface area contributed by atoms with E-state index in [-0.39, 0.29) is 30.8 Å². The summed E-state index contributed by atoms with van der Waals surface area (Å²) in [6, 6.07) is 0. The van der Waals surface area contributed by atoms with Crippen molar-refractivity contribution in [1.82, 2.24) is 4.98 Å². The predicted molar refractivity (Wildman–Crippen MR) is 61.8 cm³/mol. The molecule has 0 saturated heterocycles. The lowest BCUT2D eigenvalue weighted by molar-refractivity contribution is -0.142. The van der Waals surface area contributed by atoms with E-state index in [0.29, 0.717) is 5.56 Å². The van der Waals surface area contributed by atoms with E-state index in [1.807, 2.05) is 0 Å². The van der Waals surface area contributed by atoms with E-state index in [4.69, 9.17) is 16.2 Å². The molecular weight excluding hydrogens is 244 g/mol. The van der Waals surface area contributed by atoms with Crippen molar-refractivity contribution in [2.75, 3.05) is 12.3 Å². The molecule has 0 radical (unpaired) electrons. The second-order valence-electron chi connectivity index (χ2n) is 3.55. The number of nitrogens with two attached hydrogens (primary N) is 2. The van der Waals surface area contributed by atoms with Crippen LogP contribution in [-0.2, 0) is 22.5 Å². The van der Waals surface area contributed by atoms with Crippen molar-refractivity contribution >= 4 is 11.7 Å². The molecule has 0 bridgehead atoms. The van der Waals surface area contributed by atoms with Crippen LogP contribution in [-0.4, -0.2) is 17.6 Å². The second kappa shape index (κ2) is 6.25. The first-order valence-corrected chi connectivity index (χ1v) is 5.41. The highest BCUT2D eigenvalue weighted by molar-refractivity contribution is 5.76. The monoisotopic (exact) mass is 259 g/mol. The number of rotatable bonds is 5. The number of nitrogens with zero attached hydrogens (tertiary/aromatic N) is 1. The molecule has 0 saturated carbocycles. The Kier molecular flexibility index (Phi) is 4.96. The molecule has 0 atom stereocenters. The van der Waals surface area contributed by atoms with E-state index in [2.05, 4.69) is 4.98 Å². The summed E-state index contributed by atoms with van der Waals surface area (Å²) in [6.45, 7) is 1.93. The van der Waals surface area contributed by atoms with Gasteiger partial charge >= 0.3 is 5.97 Å². The molecule has 100 valence electrons. The average molecular weight is 259 g/mol. The molecule has 1 aromatic rings. The number of carbonyl (C=O) groups excluding carboxylic acids is 1. The summed E-state index contributed by atoms with van der Waals surface area (Å²) in [6.07, 6.45) is -1.77. The quantitative estimate of drug-likeness (QED) is 0.774. The van der Waals surface area contributed by atoms with Gasteiger partial charge in [-0.3, -0.25) is 9.78 Å². The molecule has 0 fully saturated rings. The third kappa shape index (κ3) is 3.13. The number of anilines is 1. The van der Waals surface area contributed by atoms with Gasteiger partial charge in [-0.15, -0.1) is 0 Å². The van der Waals surface area contributed by atoms with Crippen molar-refractivity contribution in [1.29, 1.82) is 0 Å². The fourth-order valence-electron chi connectivity index (χ4n) is 1.54. The van der Waals surface area contributed by atoms with Gasteiger partial charge in [-0.1, -0.05) is 0 Å². The summed E-state index contributed by atoms with van der Waals surface area (Å²) < 4.78 is 30.0. The van der Waals surface area contributed by atoms with Crippen LogP contribution in [0.5, 0.6) is 0 Å². The maximum atomic E-state index is 12.6. The summed E-state index contributed by atoms with van der Waals surface area (Å²) in [5.74, 6) is -0.537. The van der Waals surface area contributed by atoms with Gasteiger partial charge in [0.25, 0.3) is 6.43 Å². The minimum Gasteiger partial charge on any atom is -0.466 e. The molecule has 1 rings (SSSR count). The Hall–Kier alpha value is -1.76. The van der Waals surface area contributed by atoms with Crippen LogP contribution in [0.25, 0.3) is 0 Å². The van der Waals surface area contributed by atoms with Crippen LogP contribution in [0.15, 0.2) is 6.20 Å². The average Bonchev–Trinajstić information content (AvgIpc) is 2.31. The molecule has 0 amide bonds. The van der Waals surface area contributed by atoms with Gasteiger partial charge < -0.3 is 16.2 Å². The number of ether oxygens (including phenoxy) is 1. The predicted octanol–water partition coefficient (Wildman–Crippen LogP) is 1.17. The smallest absolute Gasteiger partial charge is 0.310 e. The molecule has 0 unspecified atom stereocenters. The van der Waals surface area contributed by atoms with Crippen LogP contribution < -0.4 is 11.5 Å². The van der Waals surface area contributed by atoms with E-state index in [0.717, 1.165) is 0 Å². The molecule has 4 N–H and O–H groups in total. The maximum Gasteiger partial charge on any atom is 0.310 e. The van der Waals surface area contributed by atoms with Gasteiger partial charge in [0.15, 0.2) is 0 Å². The fourth-order valence-corrected chi connectivity index (χ4v) is 1.54. The SMILES string of the molecule is CCOC(=O)Cc1c(CN)cnc(C(F)F)c1N. The summed E-state index contributed by atoms with van der Waals surface area (Å²) in [4.78, 5) is 14.9. The summed E-state index contributed by atoms with van der Waals surface area (Å²) >= 11 is 0. The first-order valence-electron chi connectivity index (χ1n) is 5.41. The highest BCUT2D eigenvalue weighted by Gasteiger charge is 2.20. The Balaban J connectivity index is 3.13. The molecule has 0 spiro atoms. The van der Waals surface area contributed by atoms with E-state index in [1.54, 1.807) is 6.92 Å². The number of carbonyl (C=O) groups is 1. The number of pyridine rings is 1. The minimum absolute atomic E-state index is 0.0649. The van der Waals surface area contributed by atoms with Gasteiger partial charge in [0.1, 0.15) is 5.69 Å². The standard InChI is InChI=1S/C11H15F2N3O2/c1-2-18-8(17)3-7-6(4-14)5-16-10(9(7)15)11(12)13/h5,11H,2-4,14-15H2,1H3. The Morgan fingerprint density at radius 1 is 1.56 bits per heavy atom. The van der Waals surface area contributed by atoms with Crippen LogP contribution in [0, 0.1) is 0 Å². The molecule has 18 heavy (non-hydrogen) atoms. The van der Waals surface area contributed by atoms with E-state index in [9.17, 15) is 13.6 Å². The Labute approximate surface area is 103 Å². The largest absolute Gasteiger partial charge is 0.466 e. The number of aromatic nitrogens is 1. The first-order chi connectivity index (χ1) is 8.51. The molecule has 0 aliphatic heterocycles. The zero-order valence-electron chi connectivity index (χ0n) is 9.95. The Bertz CT molecular complexity index is 439. The number of halogens is 2. The third-order valence-corrected chi connectivity index (χ3v) is 2.40. The zero-order chi connectivity index (χ0) is 13.7. The van der Waals surface area contributed by atoms with Gasteiger partial charge in [-0.25, -0.2) is 8.78 Å². The topological polar surface area (TPSA) is 91.2 Å². The molecule has 1 aromatic heterocycles. The van der Waals surface area contributed by atoms with Crippen LogP contribution in [0.4, 0.5) is 14.5 Å². The third-order valence-electron chi connectivity index (χ3n) is 2.40. The Morgan fingerprint density at radius 3 is 2.72 bits per heavy atom. The van der Waals surface area contributed by atoms with Gasteiger partial charge in [-0.05, 0) is 18.1 Å². The van der Waals surface area contributed by atoms with Crippen molar-refractivity contribution in [2.45, 2.75) is 26.3 Å². The van der Waals surface area contributed by atoms with E-state index < -0.39 is 18.1 Å². The van der Waals surface area contributed by atoms with Gasteiger partial charge in [-0.2, -0.15) is 0 Å². The minimum atomic E-state index is -2.79. The lowest BCUT2D eigenvalue weighted by Crippen LogP contribution is -2.15. The highest BCUT2D eigenvalue weighted by atomic mass is 19.3. The molecule has 1 heterocycles. The van der Waals surface area contributed by atoms with E-state index >= 15 is 0 Å². The van der Waals surface area contributed by atoms with Crippen molar-refractivity contribution < 1.29 is 18.3 Å². The van der Waals surface area contributed by atoms with Crippen molar-refractivity contribution in [2.24, 2.45) is 5.73 Å². The molecule has 0 aliphatic carbocycles. The lowest BCUT2D eigenvalue weighted by Gasteiger charge is -2.13. The number of alkyl halides is 2. The molecule has 0 aromatic carbocycles. The lowest BCUT2D eigenvalue weighted by atomic mass is 10.0. The highest BCUT2D eigenvalue weighted by Crippen LogP contribution is 2.28. The maximum absolute atomic E-state index is 12.6. The second-order valence-corrected chi connectivity index (χ2v) is 3.55. The van der Waals surface area contributed by atoms with Crippen LogP contribution in [0.2, 0.25) is 0 Å². The molecule has 0 aliphatic rings. The van der Waals surface area contributed by atoms with Crippen molar-refractivity contribution in [3.8, 4) is 0 Å². The summed E-state index contributed by atoms with van der Waals surface area (Å²) in [5, 5.41) is 0. The first kappa shape index (κ1) is 14.3. The number of hydrogen-bond acceptors (Lipinski definition) is 5. The van der Waals surface area contributed by atoms with Crippen LogP contribution in [0.1, 0.15) is 30.2 Å². The summed E-state index contributed by atoms with van der Waals surface area (Å²) in [5.41, 5.74) is 11.1. The number of nitrogen functional groups attached to an aromatic ring is 1. The zero-order valence-corrected chi connectivity index (χ0v) is 9.95. The van der Waals surface area contributed by atoms with Crippen LogP contribution >= 0.6 is 0 Å². The fraction of sp³-hybridized carbons (Fsp3) is 0.455. The Morgan fingerprint density at radius 2 is 2.22 bits per heavy atom. The van der Waals surface area contributed by atoms with Gasteiger partial charge in [0.2, 0.25) is 0 Å². The molecular formula is C11H15F2N3O2. The van der Waals surface area contributed by atoms with Gasteiger partial charge in [0.05, 0.1) is 18.7 Å². The molecule has 7 heteroatoms. The number of hydrogen-bond donors (Lipinski definition) is 2. The number of esters is 1. The van der Waals surface area contributed by atoms with Crippen LogP contribution in [0.3, 0.4) is 0 Å². The van der Waals surface area contributed by atoms with E-state index in [1.165, 1.54) is 6.20 Å².